The molecule has 4 aliphatic rings. The quantitative estimate of drug-likeness (QED) is 0.154. The van der Waals surface area contributed by atoms with Crippen LogP contribution in [0.5, 0.6) is 0 Å². The Kier molecular flexibility index (Phi) is 12.5. The molecule has 13 nitrogen and oxygen atoms in total. The number of rotatable bonds is 14. The van der Waals surface area contributed by atoms with E-state index in [0.29, 0.717) is 0 Å². The van der Waals surface area contributed by atoms with Crippen LogP contribution >= 0.6 is 0 Å². The molecule has 0 aliphatic heterocycles. The van der Waals surface area contributed by atoms with Crippen molar-refractivity contribution in [2.24, 2.45) is 23.7 Å². The zero-order valence-electron chi connectivity index (χ0n) is 27.3. The van der Waals surface area contributed by atoms with Crippen molar-refractivity contribution in [3.63, 3.8) is 0 Å². The minimum atomic E-state index is -1.99. The van der Waals surface area contributed by atoms with Crippen molar-refractivity contribution in [3.05, 3.63) is 46.1 Å². The molecule has 0 unspecified atom stereocenters. The lowest BCUT2D eigenvalue weighted by atomic mass is 9.56. The minimum Gasteiger partial charge on any atom is -0.466 e. The van der Waals surface area contributed by atoms with Crippen LogP contribution in [0.15, 0.2) is 46.1 Å². The van der Waals surface area contributed by atoms with E-state index in [1.807, 2.05) is 0 Å². The SMILES string of the molecule is CCOC(=O)C1=C[C@@H]2C=C[C@@H]([C@H]1C(=O)OCC)[C@H]1C(C(=O)OCC)=C(C(=O)OCC)C(C(=O)OCC)=C(C(=O)OCC)[C@]21OCC. The lowest BCUT2D eigenvalue weighted by molar-refractivity contribution is -0.158. The fraction of sp³-hybridized carbons (Fsp3) is 0.576. The van der Waals surface area contributed by atoms with Gasteiger partial charge in [0, 0.05) is 29.9 Å². The van der Waals surface area contributed by atoms with E-state index in [1.54, 1.807) is 46.8 Å². The normalized spacial score (nSPS) is 24.7. The van der Waals surface area contributed by atoms with Crippen molar-refractivity contribution in [2.75, 3.05) is 46.2 Å². The fourth-order valence-electron chi connectivity index (χ4n) is 6.47. The van der Waals surface area contributed by atoms with E-state index in [-0.39, 0.29) is 57.4 Å². The van der Waals surface area contributed by atoms with Gasteiger partial charge in [-0.05, 0) is 48.5 Å². The van der Waals surface area contributed by atoms with Crippen LogP contribution in [0.25, 0.3) is 0 Å². The highest BCUT2D eigenvalue weighted by atomic mass is 16.6. The third-order valence-electron chi connectivity index (χ3n) is 7.80. The van der Waals surface area contributed by atoms with Crippen LogP contribution in [-0.2, 0) is 61.9 Å². The van der Waals surface area contributed by atoms with Gasteiger partial charge in [-0.1, -0.05) is 18.2 Å². The van der Waals surface area contributed by atoms with Crippen molar-refractivity contribution < 1.29 is 61.9 Å². The molecule has 252 valence electrons. The average Bonchev–Trinajstić information content (AvgIpc) is 3.27. The molecule has 0 saturated heterocycles. The molecule has 0 aromatic rings. The third kappa shape index (κ3) is 6.37. The Morgan fingerprint density at radius 3 is 1.63 bits per heavy atom. The molecule has 0 spiro atoms. The van der Waals surface area contributed by atoms with Gasteiger partial charge in [0.2, 0.25) is 0 Å². The second-order valence-electron chi connectivity index (χ2n) is 10.2. The molecular weight excluding hydrogens is 604 g/mol. The number of carbonyl (C=O) groups is 6. The zero-order chi connectivity index (χ0) is 34.2. The number of ether oxygens (including phenoxy) is 7. The van der Waals surface area contributed by atoms with Crippen LogP contribution in [0, 0.1) is 23.7 Å². The molecule has 2 bridgehead atoms. The fourth-order valence-corrected chi connectivity index (χ4v) is 6.47. The van der Waals surface area contributed by atoms with Crippen molar-refractivity contribution in [1.29, 1.82) is 0 Å². The molecule has 4 rings (SSSR count). The van der Waals surface area contributed by atoms with Gasteiger partial charge in [0.1, 0.15) is 5.60 Å². The number of esters is 6. The van der Waals surface area contributed by atoms with E-state index in [2.05, 4.69) is 0 Å². The summed E-state index contributed by atoms with van der Waals surface area (Å²) in [7, 11) is 0. The summed E-state index contributed by atoms with van der Waals surface area (Å²) in [4.78, 5) is 83.1. The number of hydrogen-bond acceptors (Lipinski definition) is 13. The van der Waals surface area contributed by atoms with Crippen LogP contribution in [0.1, 0.15) is 48.5 Å². The highest BCUT2D eigenvalue weighted by molar-refractivity contribution is 6.18. The van der Waals surface area contributed by atoms with E-state index in [9.17, 15) is 28.8 Å². The lowest BCUT2D eigenvalue weighted by Gasteiger charge is -2.52. The largest absolute Gasteiger partial charge is 0.466 e. The van der Waals surface area contributed by atoms with E-state index >= 15 is 0 Å². The summed E-state index contributed by atoms with van der Waals surface area (Å²) >= 11 is 0. The summed E-state index contributed by atoms with van der Waals surface area (Å²) in [6, 6.07) is 0. The predicted molar refractivity (Wildman–Crippen MR) is 159 cm³/mol. The maximum atomic E-state index is 14.1. The molecule has 13 heteroatoms. The molecule has 0 fully saturated rings. The smallest absolute Gasteiger partial charge is 0.339 e. The third-order valence-corrected chi connectivity index (χ3v) is 7.80. The average molecular weight is 647 g/mol. The van der Waals surface area contributed by atoms with Crippen molar-refractivity contribution in [1.82, 2.24) is 0 Å². The van der Waals surface area contributed by atoms with Crippen LogP contribution in [-0.4, -0.2) is 87.7 Å². The molecule has 0 radical (unpaired) electrons. The standard InChI is InChI=1S/C33H42O13/c1-8-40-27(34)20-17-18-15-16-19(21(20)28(35)41-9-2)25-23(30(37)43-11-4)22(29(36)42-10-3)24(31(38)44-12-5)26(32(39)45-13-6)33(18,25)46-14-7/h15-19,21,25H,8-14H2,1-7H3/t18-,19-,21+,25-,33-/m0/s1. The van der Waals surface area contributed by atoms with Gasteiger partial charge >= 0.3 is 35.8 Å². The summed E-state index contributed by atoms with van der Waals surface area (Å²) in [5.74, 6) is -10.9. The van der Waals surface area contributed by atoms with E-state index in [0.717, 1.165) is 0 Å². The van der Waals surface area contributed by atoms with Crippen LogP contribution in [0.2, 0.25) is 0 Å². The number of carbonyl (C=O) groups excluding carboxylic acids is 6. The topological polar surface area (TPSA) is 167 Å². The van der Waals surface area contributed by atoms with Gasteiger partial charge in [0.25, 0.3) is 0 Å². The summed E-state index contributed by atoms with van der Waals surface area (Å²) in [6.45, 7) is 10.3. The van der Waals surface area contributed by atoms with E-state index in [4.69, 9.17) is 33.2 Å². The Balaban J connectivity index is 2.68. The van der Waals surface area contributed by atoms with Gasteiger partial charge in [-0.15, -0.1) is 0 Å². The molecule has 0 heterocycles. The van der Waals surface area contributed by atoms with Gasteiger partial charge in [-0.2, -0.15) is 0 Å². The molecular formula is C33H42O13. The Hall–Kier alpha value is -4.26. The second-order valence-corrected chi connectivity index (χ2v) is 10.2. The van der Waals surface area contributed by atoms with Gasteiger partial charge in [0.15, 0.2) is 0 Å². The predicted octanol–water partition coefficient (Wildman–Crippen LogP) is 2.72. The first-order valence-corrected chi connectivity index (χ1v) is 15.6. The van der Waals surface area contributed by atoms with Gasteiger partial charge in [-0.25, -0.2) is 24.0 Å². The summed E-state index contributed by atoms with van der Waals surface area (Å²) in [6.07, 6.45) is 4.65. The first-order valence-electron chi connectivity index (χ1n) is 15.6. The Morgan fingerprint density at radius 2 is 1.09 bits per heavy atom. The molecule has 0 N–H and O–H groups in total. The Labute approximate surface area is 267 Å². The minimum absolute atomic E-state index is 0.0174. The highest BCUT2D eigenvalue weighted by Crippen LogP contribution is 2.59. The van der Waals surface area contributed by atoms with Crippen LogP contribution in [0.4, 0.5) is 0 Å². The lowest BCUT2D eigenvalue weighted by Crippen LogP contribution is -2.59. The maximum absolute atomic E-state index is 14.1. The summed E-state index contributed by atoms with van der Waals surface area (Å²) in [5.41, 5.74) is -4.05. The molecule has 0 aromatic heterocycles. The molecule has 4 aliphatic carbocycles. The van der Waals surface area contributed by atoms with Crippen LogP contribution < -0.4 is 0 Å². The van der Waals surface area contributed by atoms with Crippen molar-refractivity contribution >= 4 is 35.8 Å². The summed E-state index contributed by atoms with van der Waals surface area (Å²) < 4.78 is 38.8. The number of hydrogen-bond donors (Lipinski definition) is 0. The van der Waals surface area contributed by atoms with Crippen molar-refractivity contribution in [3.8, 4) is 0 Å². The number of fused-ring (bicyclic) bond motifs is 1. The Morgan fingerprint density at radius 1 is 0.587 bits per heavy atom. The highest BCUT2D eigenvalue weighted by Gasteiger charge is 2.66. The molecule has 5 atom stereocenters. The van der Waals surface area contributed by atoms with Crippen molar-refractivity contribution in [2.45, 2.75) is 54.1 Å². The van der Waals surface area contributed by atoms with Crippen LogP contribution in [0.3, 0.4) is 0 Å². The summed E-state index contributed by atoms with van der Waals surface area (Å²) in [5, 5.41) is 0. The first-order chi connectivity index (χ1) is 22.0. The van der Waals surface area contributed by atoms with Gasteiger partial charge in [0.05, 0.1) is 67.9 Å². The monoisotopic (exact) mass is 646 g/mol. The van der Waals surface area contributed by atoms with E-state index < -0.39 is 81.8 Å². The second kappa shape index (κ2) is 15.8. The Bertz CT molecular complexity index is 1370. The molecule has 0 aromatic carbocycles. The molecule has 0 saturated carbocycles. The molecule has 46 heavy (non-hydrogen) atoms. The molecule has 0 amide bonds. The van der Waals surface area contributed by atoms with Gasteiger partial charge < -0.3 is 33.2 Å². The number of allylic oxidation sites excluding steroid dienone is 1. The maximum Gasteiger partial charge on any atom is 0.339 e. The zero-order valence-corrected chi connectivity index (χ0v) is 27.3. The van der Waals surface area contributed by atoms with Gasteiger partial charge in [-0.3, -0.25) is 4.79 Å². The first kappa shape index (κ1) is 36.2. The van der Waals surface area contributed by atoms with E-state index in [1.165, 1.54) is 19.9 Å².